The van der Waals surface area contributed by atoms with Gasteiger partial charge in [0.25, 0.3) is 0 Å². The molecule has 0 spiro atoms. The molecule has 0 unspecified atom stereocenters. The van der Waals surface area contributed by atoms with E-state index in [0.717, 1.165) is 9.37 Å². The SMILES string of the molecule is ClSc1ccc2ccc(Br)cc2c1. The second kappa shape index (κ2) is 3.91. The lowest BCUT2D eigenvalue weighted by molar-refractivity contribution is 1.52. The molecule has 0 bridgehead atoms. The van der Waals surface area contributed by atoms with Crippen LogP contribution in [0, 0.1) is 0 Å². The molecule has 0 nitrogen and oxygen atoms in total. The molecule has 0 radical (unpaired) electrons. The van der Waals surface area contributed by atoms with E-state index >= 15 is 0 Å². The highest BCUT2D eigenvalue weighted by Gasteiger charge is 1.96. The zero-order chi connectivity index (χ0) is 9.26. The molecule has 0 aliphatic rings. The Hall–Kier alpha value is -0.180. The van der Waals surface area contributed by atoms with Gasteiger partial charge in [-0.15, -0.1) is 0 Å². The Balaban J connectivity index is 2.68. The Morgan fingerprint density at radius 3 is 2.54 bits per heavy atom. The van der Waals surface area contributed by atoms with E-state index in [1.165, 1.54) is 21.7 Å². The van der Waals surface area contributed by atoms with E-state index in [1.807, 2.05) is 12.1 Å². The van der Waals surface area contributed by atoms with Crippen molar-refractivity contribution in [3.05, 3.63) is 40.9 Å². The van der Waals surface area contributed by atoms with Crippen molar-refractivity contribution in [3.8, 4) is 0 Å². The molecule has 66 valence electrons. The third-order valence-electron chi connectivity index (χ3n) is 1.86. The molecule has 0 aliphatic heterocycles. The van der Waals surface area contributed by atoms with Crippen LogP contribution in [0.15, 0.2) is 45.8 Å². The topological polar surface area (TPSA) is 0 Å². The maximum absolute atomic E-state index is 5.67. The van der Waals surface area contributed by atoms with Crippen molar-refractivity contribution in [2.24, 2.45) is 0 Å². The fraction of sp³-hybridized carbons (Fsp3) is 0. The quantitative estimate of drug-likeness (QED) is 0.716. The molecular weight excluding hydrogens is 268 g/mol. The largest absolute Gasteiger partial charge is 0.0533 e. The Kier molecular flexibility index (Phi) is 2.82. The summed E-state index contributed by atoms with van der Waals surface area (Å²) in [5, 5.41) is 2.44. The minimum Gasteiger partial charge on any atom is -0.0533 e. The summed E-state index contributed by atoms with van der Waals surface area (Å²) >= 11 is 3.44. The average molecular weight is 274 g/mol. The van der Waals surface area contributed by atoms with Crippen LogP contribution < -0.4 is 0 Å². The summed E-state index contributed by atoms with van der Waals surface area (Å²) in [7, 11) is 6.92. The summed E-state index contributed by atoms with van der Waals surface area (Å²) in [6.07, 6.45) is 0. The highest BCUT2D eigenvalue weighted by Crippen LogP contribution is 2.27. The first-order chi connectivity index (χ1) is 6.29. The van der Waals surface area contributed by atoms with E-state index in [0.29, 0.717) is 0 Å². The van der Waals surface area contributed by atoms with Crippen LogP contribution in [0.3, 0.4) is 0 Å². The van der Waals surface area contributed by atoms with Gasteiger partial charge in [0.05, 0.1) is 0 Å². The number of hydrogen-bond acceptors (Lipinski definition) is 1. The van der Waals surface area contributed by atoms with Gasteiger partial charge in [-0.1, -0.05) is 28.1 Å². The average Bonchev–Trinajstić information content (AvgIpc) is 2.16. The van der Waals surface area contributed by atoms with Crippen LogP contribution in [0.2, 0.25) is 0 Å². The van der Waals surface area contributed by atoms with Crippen LogP contribution in [0.5, 0.6) is 0 Å². The molecule has 13 heavy (non-hydrogen) atoms. The van der Waals surface area contributed by atoms with Crippen molar-refractivity contribution in [3.63, 3.8) is 0 Å². The Labute approximate surface area is 93.9 Å². The fourth-order valence-corrected chi connectivity index (χ4v) is 2.20. The van der Waals surface area contributed by atoms with Crippen molar-refractivity contribution < 1.29 is 0 Å². The van der Waals surface area contributed by atoms with Crippen molar-refractivity contribution >= 4 is 48.4 Å². The molecule has 0 saturated heterocycles. The predicted octanol–water partition coefficient (Wildman–Crippen LogP) is 4.85. The van der Waals surface area contributed by atoms with Gasteiger partial charge in [0.15, 0.2) is 0 Å². The summed E-state index contributed by atoms with van der Waals surface area (Å²) in [4.78, 5) is 1.08. The first-order valence-corrected chi connectivity index (χ1v) is 6.21. The first-order valence-electron chi connectivity index (χ1n) is 3.77. The lowest BCUT2D eigenvalue weighted by atomic mass is 10.1. The second-order valence-corrected chi connectivity index (χ2v) is 4.73. The smallest absolute Gasteiger partial charge is 0.0239 e. The summed E-state index contributed by atoms with van der Waals surface area (Å²) in [5.41, 5.74) is 0. The molecule has 0 atom stereocenters. The van der Waals surface area contributed by atoms with E-state index in [1.54, 1.807) is 0 Å². The van der Waals surface area contributed by atoms with Crippen LogP contribution in [0.25, 0.3) is 10.8 Å². The van der Waals surface area contributed by atoms with Crippen molar-refractivity contribution in [1.29, 1.82) is 0 Å². The third-order valence-corrected chi connectivity index (χ3v) is 3.32. The van der Waals surface area contributed by atoms with Crippen molar-refractivity contribution in [2.75, 3.05) is 0 Å². The molecule has 0 fully saturated rings. The number of rotatable bonds is 1. The van der Waals surface area contributed by atoms with E-state index in [4.69, 9.17) is 10.7 Å². The molecular formula is C10H6BrClS. The molecule has 0 saturated carbocycles. The van der Waals surface area contributed by atoms with E-state index in [-0.39, 0.29) is 0 Å². The van der Waals surface area contributed by atoms with Crippen LogP contribution in [0.1, 0.15) is 0 Å². The Bertz CT molecular complexity index is 442. The lowest BCUT2D eigenvalue weighted by Crippen LogP contribution is -1.73. The number of fused-ring (bicyclic) bond motifs is 1. The van der Waals surface area contributed by atoms with E-state index in [9.17, 15) is 0 Å². The monoisotopic (exact) mass is 272 g/mol. The van der Waals surface area contributed by atoms with E-state index in [2.05, 4.69) is 40.2 Å². The van der Waals surface area contributed by atoms with Gasteiger partial charge in [-0.25, -0.2) is 0 Å². The van der Waals surface area contributed by atoms with Gasteiger partial charge in [-0.2, -0.15) is 0 Å². The van der Waals surface area contributed by atoms with Crippen LogP contribution in [-0.4, -0.2) is 0 Å². The van der Waals surface area contributed by atoms with Gasteiger partial charge in [0.2, 0.25) is 0 Å². The summed E-state index contributed by atoms with van der Waals surface area (Å²) < 4.78 is 1.09. The second-order valence-electron chi connectivity index (χ2n) is 2.73. The molecule has 0 aromatic heterocycles. The van der Waals surface area contributed by atoms with Crippen LogP contribution in [-0.2, 0) is 0 Å². The van der Waals surface area contributed by atoms with Gasteiger partial charge in [-0.3, -0.25) is 0 Å². The number of benzene rings is 2. The zero-order valence-corrected chi connectivity index (χ0v) is 9.79. The molecule has 0 N–H and O–H groups in total. The highest BCUT2D eigenvalue weighted by atomic mass is 79.9. The third kappa shape index (κ3) is 2.01. The van der Waals surface area contributed by atoms with Crippen molar-refractivity contribution in [1.82, 2.24) is 0 Å². The van der Waals surface area contributed by atoms with Crippen LogP contribution in [0.4, 0.5) is 0 Å². The predicted molar refractivity (Wildman–Crippen MR) is 63.4 cm³/mol. The Morgan fingerprint density at radius 2 is 1.77 bits per heavy atom. The van der Waals surface area contributed by atoms with Crippen LogP contribution >= 0.6 is 37.6 Å². The maximum atomic E-state index is 5.67. The minimum atomic E-state index is 1.08. The van der Waals surface area contributed by atoms with Gasteiger partial charge in [0, 0.05) is 9.37 Å². The molecule has 0 heterocycles. The lowest BCUT2D eigenvalue weighted by Gasteiger charge is -2.00. The van der Waals surface area contributed by atoms with E-state index < -0.39 is 0 Å². The van der Waals surface area contributed by atoms with Crippen molar-refractivity contribution in [2.45, 2.75) is 4.90 Å². The molecule has 2 aromatic carbocycles. The normalized spacial score (nSPS) is 10.6. The molecule has 0 aliphatic carbocycles. The zero-order valence-electron chi connectivity index (χ0n) is 6.63. The van der Waals surface area contributed by atoms with Gasteiger partial charge in [0.1, 0.15) is 0 Å². The standard InChI is InChI=1S/C10H6BrClS/c11-9-3-1-7-2-4-10(13-12)6-8(7)5-9/h1-6H. The number of halogens is 2. The number of hydrogen-bond donors (Lipinski definition) is 0. The highest BCUT2D eigenvalue weighted by molar-refractivity contribution is 9.10. The van der Waals surface area contributed by atoms with Gasteiger partial charge < -0.3 is 0 Å². The van der Waals surface area contributed by atoms with Gasteiger partial charge in [-0.05, 0) is 56.7 Å². The first kappa shape index (κ1) is 9.38. The minimum absolute atomic E-state index is 1.08. The maximum Gasteiger partial charge on any atom is 0.0239 e. The molecule has 2 rings (SSSR count). The summed E-state index contributed by atoms with van der Waals surface area (Å²) in [6.45, 7) is 0. The fourth-order valence-electron chi connectivity index (χ4n) is 1.24. The summed E-state index contributed by atoms with van der Waals surface area (Å²) in [5.74, 6) is 0. The van der Waals surface area contributed by atoms with Gasteiger partial charge >= 0.3 is 0 Å². The molecule has 0 amide bonds. The summed E-state index contributed by atoms with van der Waals surface area (Å²) in [6, 6.07) is 12.4. The Morgan fingerprint density at radius 1 is 1.00 bits per heavy atom. The molecule has 3 heteroatoms. The molecule has 2 aromatic rings.